The van der Waals surface area contributed by atoms with Crippen LogP contribution in [0, 0.1) is 0 Å². The van der Waals surface area contributed by atoms with E-state index >= 15 is 0 Å². The largest absolute Gasteiger partial charge is 0.489 e. The predicted molar refractivity (Wildman–Crippen MR) is 129 cm³/mol. The molecule has 35 heavy (non-hydrogen) atoms. The second kappa shape index (κ2) is 11.8. The number of esters is 1. The molecular formula is C26H27NO7S. The van der Waals surface area contributed by atoms with Crippen molar-refractivity contribution in [3.8, 4) is 11.5 Å². The van der Waals surface area contributed by atoms with Crippen LogP contribution in [0.1, 0.15) is 11.1 Å². The summed E-state index contributed by atoms with van der Waals surface area (Å²) in [6.45, 7) is 1.53. The van der Waals surface area contributed by atoms with E-state index < -0.39 is 16.0 Å². The number of ether oxygens (including phenoxy) is 4. The summed E-state index contributed by atoms with van der Waals surface area (Å²) >= 11 is 0. The van der Waals surface area contributed by atoms with Crippen molar-refractivity contribution >= 4 is 16.0 Å². The van der Waals surface area contributed by atoms with E-state index in [1.54, 1.807) is 36.4 Å². The Morgan fingerprint density at radius 3 is 2.17 bits per heavy atom. The van der Waals surface area contributed by atoms with Crippen LogP contribution in [-0.4, -0.2) is 51.6 Å². The van der Waals surface area contributed by atoms with Crippen molar-refractivity contribution in [3.63, 3.8) is 0 Å². The zero-order chi connectivity index (χ0) is 24.5. The number of benzene rings is 3. The molecule has 3 aromatic carbocycles. The number of hydrogen-bond acceptors (Lipinski definition) is 7. The van der Waals surface area contributed by atoms with Gasteiger partial charge in [-0.05, 0) is 47.5 Å². The zero-order valence-electron chi connectivity index (χ0n) is 19.2. The molecule has 0 atom stereocenters. The highest BCUT2D eigenvalue weighted by Crippen LogP contribution is 2.20. The van der Waals surface area contributed by atoms with Gasteiger partial charge in [-0.25, -0.2) is 13.2 Å². The van der Waals surface area contributed by atoms with E-state index in [4.69, 9.17) is 18.9 Å². The van der Waals surface area contributed by atoms with Crippen LogP contribution in [0.25, 0.3) is 0 Å². The first-order valence-electron chi connectivity index (χ1n) is 11.2. The second-order valence-corrected chi connectivity index (χ2v) is 9.80. The van der Waals surface area contributed by atoms with Gasteiger partial charge in [0, 0.05) is 13.1 Å². The quantitative estimate of drug-likeness (QED) is 0.397. The molecule has 0 aromatic heterocycles. The third-order valence-corrected chi connectivity index (χ3v) is 7.23. The van der Waals surface area contributed by atoms with E-state index in [2.05, 4.69) is 0 Å². The highest BCUT2D eigenvalue weighted by atomic mass is 32.2. The number of carbonyl (C=O) groups excluding carboxylic acids is 1. The van der Waals surface area contributed by atoms with Gasteiger partial charge in [-0.3, -0.25) is 0 Å². The summed E-state index contributed by atoms with van der Waals surface area (Å²) in [4.78, 5) is 12.3. The fourth-order valence-corrected chi connectivity index (χ4v) is 4.93. The van der Waals surface area contributed by atoms with Crippen molar-refractivity contribution in [3.05, 3.63) is 90.0 Å². The van der Waals surface area contributed by atoms with Gasteiger partial charge in [-0.15, -0.1) is 0 Å². The van der Waals surface area contributed by atoms with E-state index in [1.165, 1.54) is 16.4 Å². The molecule has 0 saturated carbocycles. The van der Waals surface area contributed by atoms with Gasteiger partial charge in [-0.1, -0.05) is 42.5 Å². The maximum absolute atomic E-state index is 12.8. The third-order valence-electron chi connectivity index (χ3n) is 5.33. The fourth-order valence-electron chi connectivity index (χ4n) is 3.45. The maximum atomic E-state index is 12.8. The number of carbonyl (C=O) groups is 1. The van der Waals surface area contributed by atoms with E-state index in [-0.39, 0.29) is 18.1 Å². The minimum atomic E-state index is -3.62. The molecule has 1 aliphatic rings. The van der Waals surface area contributed by atoms with Crippen LogP contribution in [0.5, 0.6) is 11.5 Å². The lowest BCUT2D eigenvalue weighted by Gasteiger charge is -2.26. The van der Waals surface area contributed by atoms with Crippen molar-refractivity contribution in [2.75, 3.05) is 32.9 Å². The Labute approximate surface area is 205 Å². The standard InChI is InChI=1S/C26H27NO7S/c28-26(20-33-24-11-9-23(10-12-24)32-18-21-5-2-1-3-6-21)34-19-22-7-4-8-25(17-22)35(29,30)27-13-15-31-16-14-27/h1-12,17H,13-16,18-20H2. The van der Waals surface area contributed by atoms with Crippen molar-refractivity contribution in [2.45, 2.75) is 18.1 Å². The average molecular weight is 498 g/mol. The lowest BCUT2D eigenvalue weighted by atomic mass is 10.2. The van der Waals surface area contributed by atoms with Crippen LogP contribution in [0.2, 0.25) is 0 Å². The minimum absolute atomic E-state index is 0.0546. The Morgan fingerprint density at radius 1 is 0.800 bits per heavy atom. The van der Waals surface area contributed by atoms with E-state index in [0.717, 1.165) is 5.56 Å². The summed E-state index contributed by atoms with van der Waals surface area (Å²) in [6, 6.07) is 23.2. The Morgan fingerprint density at radius 2 is 1.46 bits per heavy atom. The third kappa shape index (κ3) is 7.05. The zero-order valence-corrected chi connectivity index (χ0v) is 20.0. The first-order valence-corrected chi connectivity index (χ1v) is 12.7. The molecule has 1 fully saturated rings. The summed E-state index contributed by atoms with van der Waals surface area (Å²) in [7, 11) is -3.62. The van der Waals surface area contributed by atoms with E-state index in [9.17, 15) is 13.2 Å². The first kappa shape index (κ1) is 24.7. The van der Waals surface area contributed by atoms with Crippen LogP contribution >= 0.6 is 0 Å². The average Bonchev–Trinajstić information content (AvgIpc) is 2.91. The van der Waals surface area contributed by atoms with Crippen molar-refractivity contribution in [1.29, 1.82) is 0 Å². The lowest BCUT2D eigenvalue weighted by molar-refractivity contribution is -0.147. The van der Waals surface area contributed by atoms with Gasteiger partial charge in [0.1, 0.15) is 24.7 Å². The first-order chi connectivity index (χ1) is 17.0. The van der Waals surface area contributed by atoms with Crippen LogP contribution < -0.4 is 9.47 Å². The molecular weight excluding hydrogens is 470 g/mol. The molecule has 0 spiro atoms. The Bertz CT molecular complexity index is 1210. The molecule has 1 aliphatic heterocycles. The second-order valence-electron chi connectivity index (χ2n) is 7.86. The summed E-state index contributed by atoms with van der Waals surface area (Å²) in [5.41, 5.74) is 1.65. The monoisotopic (exact) mass is 497 g/mol. The fraction of sp³-hybridized carbons (Fsp3) is 0.269. The molecule has 9 heteroatoms. The van der Waals surface area contributed by atoms with Crippen LogP contribution in [-0.2, 0) is 37.5 Å². The topological polar surface area (TPSA) is 91.4 Å². The summed E-state index contributed by atoms with van der Waals surface area (Å²) in [5.74, 6) is 0.638. The molecule has 0 radical (unpaired) electrons. The summed E-state index contributed by atoms with van der Waals surface area (Å²) < 4.78 is 48.7. The van der Waals surface area contributed by atoms with Gasteiger partial charge in [0.2, 0.25) is 10.0 Å². The molecule has 0 bridgehead atoms. The molecule has 184 valence electrons. The molecule has 8 nitrogen and oxygen atoms in total. The smallest absolute Gasteiger partial charge is 0.344 e. The number of morpholine rings is 1. The normalized spacial score (nSPS) is 14.3. The molecule has 1 heterocycles. The number of nitrogens with zero attached hydrogens (tertiary/aromatic N) is 1. The lowest BCUT2D eigenvalue weighted by Crippen LogP contribution is -2.40. The van der Waals surface area contributed by atoms with Gasteiger partial charge in [0.15, 0.2) is 6.61 Å². The Balaban J connectivity index is 1.23. The molecule has 3 aromatic rings. The number of sulfonamides is 1. The molecule has 0 aliphatic carbocycles. The Hall–Kier alpha value is -3.40. The van der Waals surface area contributed by atoms with Gasteiger partial charge in [-0.2, -0.15) is 4.31 Å². The molecule has 0 unspecified atom stereocenters. The predicted octanol–water partition coefficient (Wildman–Crippen LogP) is 3.41. The van der Waals surface area contributed by atoms with E-state index in [0.29, 0.717) is 50.0 Å². The maximum Gasteiger partial charge on any atom is 0.344 e. The van der Waals surface area contributed by atoms with E-state index in [1.807, 2.05) is 30.3 Å². The highest BCUT2D eigenvalue weighted by molar-refractivity contribution is 7.89. The summed E-state index contributed by atoms with van der Waals surface area (Å²) in [5, 5.41) is 0. The van der Waals surface area contributed by atoms with Crippen LogP contribution in [0.4, 0.5) is 0 Å². The molecule has 0 amide bonds. The molecule has 1 saturated heterocycles. The SMILES string of the molecule is O=C(COc1ccc(OCc2ccccc2)cc1)OCc1cccc(S(=O)(=O)N2CCOCC2)c1. The van der Waals surface area contributed by atoms with Crippen molar-refractivity contribution in [2.24, 2.45) is 0 Å². The van der Waals surface area contributed by atoms with Crippen LogP contribution in [0.15, 0.2) is 83.8 Å². The van der Waals surface area contributed by atoms with Gasteiger partial charge >= 0.3 is 5.97 Å². The highest BCUT2D eigenvalue weighted by Gasteiger charge is 2.26. The van der Waals surface area contributed by atoms with Gasteiger partial charge in [0.25, 0.3) is 0 Å². The number of hydrogen-bond donors (Lipinski definition) is 0. The minimum Gasteiger partial charge on any atom is -0.489 e. The van der Waals surface area contributed by atoms with Crippen LogP contribution in [0.3, 0.4) is 0 Å². The number of rotatable bonds is 10. The van der Waals surface area contributed by atoms with Crippen molar-refractivity contribution < 1.29 is 32.2 Å². The summed E-state index contributed by atoms with van der Waals surface area (Å²) in [6.07, 6.45) is 0. The Kier molecular flexibility index (Phi) is 8.36. The molecule has 0 N–H and O–H groups in total. The van der Waals surface area contributed by atoms with Crippen molar-refractivity contribution in [1.82, 2.24) is 4.31 Å². The van der Waals surface area contributed by atoms with Gasteiger partial charge < -0.3 is 18.9 Å². The molecule has 4 rings (SSSR count). The van der Waals surface area contributed by atoms with Gasteiger partial charge in [0.05, 0.1) is 18.1 Å².